The minimum absolute atomic E-state index is 0.332. The Bertz CT molecular complexity index is 1170. The Balaban J connectivity index is 1.65. The summed E-state index contributed by atoms with van der Waals surface area (Å²) in [7, 11) is 1.83. The second kappa shape index (κ2) is 7.50. The lowest BCUT2D eigenvalue weighted by molar-refractivity contribution is 0.0942. The first kappa shape index (κ1) is 20.0. The highest BCUT2D eigenvalue weighted by Crippen LogP contribution is 2.35. The molecule has 0 aliphatic heterocycles. The van der Waals surface area contributed by atoms with Crippen LogP contribution in [0.1, 0.15) is 35.7 Å². The first-order valence-electron chi connectivity index (χ1n) is 9.62. The Morgan fingerprint density at radius 2 is 2.17 bits per heavy atom. The largest absolute Gasteiger partial charge is 0.477 e. The van der Waals surface area contributed by atoms with Crippen LogP contribution in [0, 0.1) is 18.3 Å². The number of amides is 1. The molecule has 0 saturated heterocycles. The van der Waals surface area contributed by atoms with Gasteiger partial charge in [0.15, 0.2) is 5.82 Å². The minimum atomic E-state index is -0.753. The highest BCUT2D eigenvalue weighted by molar-refractivity contribution is 6.34. The SMILES string of the molecule is CCOc1nn(C)c(-n2cc(-c3ccc(Cl)c(C(=O)NC4(C#N)CC4)c3)cn2)c1C. The van der Waals surface area contributed by atoms with E-state index in [1.54, 1.807) is 27.7 Å². The molecule has 1 N–H and O–H groups in total. The van der Waals surface area contributed by atoms with E-state index in [0.717, 1.165) is 22.5 Å². The summed E-state index contributed by atoms with van der Waals surface area (Å²) in [4.78, 5) is 12.7. The second-order valence-corrected chi connectivity index (χ2v) is 7.73. The average Bonchev–Trinajstić information content (AvgIpc) is 3.22. The van der Waals surface area contributed by atoms with Crippen LogP contribution >= 0.6 is 11.6 Å². The summed E-state index contributed by atoms with van der Waals surface area (Å²) in [6.07, 6.45) is 4.90. The predicted octanol–water partition coefficient (Wildman–Crippen LogP) is 3.42. The molecule has 0 atom stereocenters. The van der Waals surface area contributed by atoms with E-state index >= 15 is 0 Å². The van der Waals surface area contributed by atoms with Crippen molar-refractivity contribution < 1.29 is 9.53 Å². The number of carbonyl (C=O) groups excluding carboxylic acids is 1. The van der Waals surface area contributed by atoms with Gasteiger partial charge in [0.2, 0.25) is 5.88 Å². The molecule has 9 heteroatoms. The summed E-state index contributed by atoms with van der Waals surface area (Å²) in [5, 5.41) is 21.2. The molecule has 30 heavy (non-hydrogen) atoms. The van der Waals surface area contributed by atoms with Crippen LogP contribution in [0.5, 0.6) is 5.88 Å². The van der Waals surface area contributed by atoms with Crippen LogP contribution in [0.3, 0.4) is 0 Å². The number of benzene rings is 1. The van der Waals surface area contributed by atoms with Gasteiger partial charge in [-0.05, 0) is 44.4 Å². The van der Waals surface area contributed by atoms with E-state index in [9.17, 15) is 10.1 Å². The zero-order valence-electron chi connectivity index (χ0n) is 16.9. The van der Waals surface area contributed by atoms with E-state index in [0.29, 0.717) is 35.9 Å². The highest BCUT2D eigenvalue weighted by atomic mass is 35.5. The molecule has 154 valence electrons. The maximum atomic E-state index is 12.7. The Labute approximate surface area is 179 Å². The van der Waals surface area contributed by atoms with Gasteiger partial charge >= 0.3 is 0 Å². The van der Waals surface area contributed by atoms with E-state index in [-0.39, 0.29) is 5.91 Å². The number of nitrogens with one attached hydrogen (secondary N) is 1. The molecule has 1 aromatic carbocycles. The lowest BCUT2D eigenvalue weighted by Gasteiger charge is -2.11. The van der Waals surface area contributed by atoms with Crippen molar-refractivity contribution >= 4 is 17.5 Å². The third kappa shape index (κ3) is 3.53. The fraction of sp³-hybridized carbons (Fsp3) is 0.333. The van der Waals surface area contributed by atoms with Crippen molar-refractivity contribution in [2.75, 3.05) is 6.61 Å². The first-order valence-corrected chi connectivity index (χ1v) is 10.0. The molecule has 1 fully saturated rings. The van der Waals surface area contributed by atoms with Crippen molar-refractivity contribution in [2.45, 2.75) is 32.2 Å². The maximum absolute atomic E-state index is 12.7. The molecule has 0 spiro atoms. The van der Waals surface area contributed by atoms with Crippen LogP contribution in [0.15, 0.2) is 30.6 Å². The molecular weight excluding hydrogens is 404 g/mol. The number of halogens is 1. The molecule has 1 saturated carbocycles. The molecular formula is C21H21ClN6O2. The molecule has 8 nitrogen and oxygen atoms in total. The maximum Gasteiger partial charge on any atom is 0.254 e. The van der Waals surface area contributed by atoms with Crippen LogP contribution in [0.25, 0.3) is 16.9 Å². The third-order valence-corrected chi connectivity index (χ3v) is 5.47. The number of nitrogens with zero attached hydrogens (tertiary/aromatic N) is 5. The van der Waals surface area contributed by atoms with E-state index in [4.69, 9.17) is 16.3 Å². The molecule has 0 radical (unpaired) electrons. The van der Waals surface area contributed by atoms with Gasteiger partial charge in [0.1, 0.15) is 5.54 Å². The monoisotopic (exact) mass is 424 g/mol. The molecule has 1 amide bonds. The van der Waals surface area contributed by atoms with Gasteiger partial charge in [-0.3, -0.25) is 4.79 Å². The fourth-order valence-electron chi connectivity index (χ4n) is 3.33. The van der Waals surface area contributed by atoms with Crippen LogP contribution < -0.4 is 10.1 Å². The predicted molar refractivity (Wildman–Crippen MR) is 112 cm³/mol. The lowest BCUT2D eigenvalue weighted by atomic mass is 10.1. The van der Waals surface area contributed by atoms with Gasteiger partial charge in [-0.25, -0.2) is 9.36 Å². The Kier molecular flexibility index (Phi) is 5.00. The summed E-state index contributed by atoms with van der Waals surface area (Å²) in [5.74, 6) is 1.02. The van der Waals surface area contributed by atoms with Crippen molar-refractivity contribution in [3.8, 4) is 28.9 Å². The van der Waals surface area contributed by atoms with E-state index in [2.05, 4.69) is 21.6 Å². The first-order chi connectivity index (χ1) is 14.4. The number of nitriles is 1. The quantitative estimate of drug-likeness (QED) is 0.653. The number of rotatable bonds is 6. The lowest BCUT2D eigenvalue weighted by Crippen LogP contribution is -2.35. The number of aromatic nitrogens is 4. The summed E-state index contributed by atoms with van der Waals surface area (Å²) in [5.41, 5.74) is 2.08. The molecule has 1 aliphatic rings. The molecule has 4 rings (SSSR count). The number of carbonyl (C=O) groups is 1. The normalized spacial score (nSPS) is 14.2. The van der Waals surface area contributed by atoms with Gasteiger partial charge in [-0.1, -0.05) is 17.7 Å². The topological polar surface area (TPSA) is 97.8 Å². The second-order valence-electron chi connectivity index (χ2n) is 7.33. The van der Waals surface area contributed by atoms with E-state index in [1.807, 2.05) is 33.2 Å². The summed E-state index contributed by atoms with van der Waals surface area (Å²) < 4.78 is 9.01. The van der Waals surface area contributed by atoms with Gasteiger partial charge in [-0.15, -0.1) is 5.10 Å². The van der Waals surface area contributed by atoms with Crippen molar-refractivity contribution in [1.29, 1.82) is 5.26 Å². The Morgan fingerprint density at radius 1 is 1.40 bits per heavy atom. The van der Waals surface area contributed by atoms with Gasteiger partial charge in [0.25, 0.3) is 5.91 Å². The highest BCUT2D eigenvalue weighted by Gasteiger charge is 2.45. The molecule has 1 aliphatic carbocycles. The summed E-state index contributed by atoms with van der Waals surface area (Å²) >= 11 is 6.26. The van der Waals surface area contributed by atoms with Crippen LogP contribution in [0.4, 0.5) is 0 Å². The summed E-state index contributed by atoms with van der Waals surface area (Å²) in [6.45, 7) is 4.38. The standard InChI is InChI=1S/C21H21ClN6O2/c1-4-30-19-13(2)20(27(3)26-19)28-11-15(10-24-28)14-5-6-17(22)16(9-14)18(29)25-21(12-23)7-8-21/h5-6,9-11H,4,7-8H2,1-3H3,(H,25,29). The zero-order chi connectivity index (χ0) is 21.5. The fourth-order valence-corrected chi connectivity index (χ4v) is 3.54. The molecule has 0 unspecified atom stereocenters. The van der Waals surface area contributed by atoms with Crippen LogP contribution in [-0.2, 0) is 7.05 Å². The van der Waals surface area contributed by atoms with Crippen molar-refractivity contribution in [3.63, 3.8) is 0 Å². The molecule has 2 heterocycles. The van der Waals surface area contributed by atoms with Gasteiger partial charge in [0, 0.05) is 18.8 Å². The molecule has 0 bridgehead atoms. The minimum Gasteiger partial charge on any atom is -0.477 e. The Hall–Kier alpha value is -3.31. The van der Waals surface area contributed by atoms with Gasteiger partial charge in [0.05, 0.1) is 35.0 Å². The molecule has 3 aromatic rings. The van der Waals surface area contributed by atoms with Crippen molar-refractivity contribution in [3.05, 3.63) is 46.7 Å². The molecule has 2 aromatic heterocycles. The average molecular weight is 425 g/mol. The number of ether oxygens (including phenoxy) is 1. The number of hydrogen-bond acceptors (Lipinski definition) is 5. The smallest absolute Gasteiger partial charge is 0.254 e. The van der Waals surface area contributed by atoms with E-state index < -0.39 is 5.54 Å². The summed E-state index contributed by atoms with van der Waals surface area (Å²) in [6, 6.07) is 7.38. The van der Waals surface area contributed by atoms with Gasteiger partial charge < -0.3 is 10.1 Å². The third-order valence-electron chi connectivity index (χ3n) is 5.15. The number of aryl methyl sites for hydroxylation is 1. The van der Waals surface area contributed by atoms with E-state index in [1.165, 1.54) is 0 Å². The number of hydrogen-bond donors (Lipinski definition) is 1. The van der Waals surface area contributed by atoms with Crippen molar-refractivity contribution in [2.24, 2.45) is 7.05 Å². The van der Waals surface area contributed by atoms with Crippen LogP contribution in [0.2, 0.25) is 5.02 Å². The van der Waals surface area contributed by atoms with Crippen LogP contribution in [-0.4, -0.2) is 37.6 Å². The van der Waals surface area contributed by atoms with Crippen molar-refractivity contribution in [1.82, 2.24) is 24.9 Å². The van der Waals surface area contributed by atoms with Gasteiger partial charge in [-0.2, -0.15) is 10.4 Å². The Morgan fingerprint density at radius 3 is 2.83 bits per heavy atom. The zero-order valence-corrected chi connectivity index (χ0v) is 17.7.